The lowest BCUT2D eigenvalue weighted by molar-refractivity contribution is 0.0469. The van der Waals surface area contributed by atoms with E-state index in [0.29, 0.717) is 5.88 Å². The number of piperidine rings is 1. The highest BCUT2D eigenvalue weighted by Crippen LogP contribution is 2.25. The summed E-state index contributed by atoms with van der Waals surface area (Å²) in [7, 11) is 1.50. The molecule has 0 aliphatic carbocycles. The number of carbonyl (C=O) groups excluding carboxylic acids is 1. The van der Waals surface area contributed by atoms with Gasteiger partial charge in [-0.2, -0.15) is 0 Å². The van der Waals surface area contributed by atoms with E-state index in [1.165, 1.54) is 19.6 Å². The number of hydrogen-bond acceptors (Lipinski definition) is 4. The van der Waals surface area contributed by atoms with Gasteiger partial charge in [-0.1, -0.05) is 0 Å². The van der Waals surface area contributed by atoms with Crippen molar-refractivity contribution >= 4 is 5.91 Å². The fourth-order valence-electron chi connectivity index (χ4n) is 2.40. The minimum atomic E-state index is -0.0968. The van der Waals surface area contributed by atoms with Crippen molar-refractivity contribution in [1.29, 1.82) is 0 Å². The first-order chi connectivity index (χ1) is 8.13. The van der Waals surface area contributed by atoms with Gasteiger partial charge in [-0.25, -0.2) is 0 Å². The molecule has 2 atom stereocenters. The van der Waals surface area contributed by atoms with Gasteiger partial charge in [0.05, 0.1) is 13.2 Å². The van der Waals surface area contributed by atoms with Gasteiger partial charge in [0.25, 0.3) is 11.8 Å². The molecule has 1 aromatic heterocycles. The van der Waals surface area contributed by atoms with Crippen molar-refractivity contribution in [3.05, 3.63) is 11.8 Å². The second-order valence-corrected chi connectivity index (χ2v) is 4.57. The SMILES string of the molecule is COc1cc(C(=O)N2C(C)CCCC2C)on1. The summed E-state index contributed by atoms with van der Waals surface area (Å²) in [6.45, 7) is 4.14. The van der Waals surface area contributed by atoms with Gasteiger partial charge in [0.2, 0.25) is 5.76 Å². The lowest BCUT2D eigenvalue weighted by Crippen LogP contribution is -2.47. The summed E-state index contributed by atoms with van der Waals surface area (Å²) in [5, 5.41) is 3.66. The molecule has 94 valence electrons. The molecule has 0 radical (unpaired) electrons. The Balaban J connectivity index is 2.17. The zero-order valence-electron chi connectivity index (χ0n) is 10.5. The number of hydrogen-bond donors (Lipinski definition) is 0. The van der Waals surface area contributed by atoms with E-state index >= 15 is 0 Å². The number of carbonyl (C=O) groups is 1. The molecule has 2 heterocycles. The quantitative estimate of drug-likeness (QED) is 0.791. The van der Waals surface area contributed by atoms with E-state index in [1.54, 1.807) is 0 Å². The smallest absolute Gasteiger partial charge is 0.293 e. The highest BCUT2D eigenvalue weighted by Gasteiger charge is 2.31. The van der Waals surface area contributed by atoms with Crippen LogP contribution in [0.15, 0.2) is 10.6 Å². The van der Waals surface area contributed by atoms with Gasteiger partial charge in [0, 0.05) is 12.1 Å². The van der Waals surface area contributed by atoms with E-state index in [0.717, 1.165) is 12.8 Å². The van der Waals surface area contributed by atoms with Gasteiger partial charge in [-0.05, 0) is 38.3 Å². The molecule has 5 heteroatoms. The van der Waals surface area contributed by atoms with Crippen molar-refractivity contribution < 1.29 is 14.1 Å². The largest absolute Gasteiger partial charge is 0.479 e. The third-order valence-corrected chi connectivity index (χ3v) is 3.34. The lowest BCUT2D eigenvalue weighted by atomic mass is 9.97. The Kier molecular flexibility index (Phi) is 3.36. The van der Waals surface area contributed by atoms with Crippen LogP contribution < -0.4 is 4.74 Å². The van der Waals surface area contributed by atoms with Gasteiger partial charge >= 0.3 is 0 Å². The highest BCUT2D eigenvalue weighted by molar-refractivity contribution is 5.92. The van der Waals surface area contributed by atoms with Crippen LogP contribution in [0.2, 0.25) is 0 Å². The molecule has 1 saturated heterocycles. The zero-order valence-corrected chi connectivity index (χ0v) is 10.5. The standard InChI is InChI=1S/C12H18N2O3/c1-8-5-4-6-9(2)14(8)12(15)10-7-11(16-3)13-17-10/h7-9H,4-6H2,1-3H3. The molecule has 0 bridgehead atoms. The molecule has 1 aliphatic heterocycles. The molecule has 1 fully saturated rings. The van der Waals surface area contributed by atoms with Crippen LogP contribution in [0.3, 0.4) is 0 Å². The topological polar surface area (TPSA) is 55.6 Å². The Morgan fingerprint density at radius 1 is 1.47 bits per heavy atom. The maximum atomic E-state index is 12.3. The molecule has 0 saturated carbocycles. The molecule has 5 nitrogen and oxygen atoms in total. The van der Waals surface area contributed by atoms with Crippen LogP contribution in [0.4, 0.5) is 0 Å². The predicted molar refractivity (Wildman–Crippen MR) is 62.0 cm³/mol. The summed E-state index contributed by atoms with van der Waals surface area (Å²) in [6.07, 6.45) is 3.26. The first-order valence-corrected chi connectivity index (χ1v) is 5.97. The first-order valence-electron chi connectivity index (χ1n) is 5.97. The van der Waals surface area contributed by atoms with Crippen LogP contribution >= 0.6 is 0 Å². The van der Waals surface area contributed by atoms with E-state index in [-0.39, 0.29) is 23.8 Å². The molecular weight excluding hydrogens is 220 g/mol. The second kappa shape index (κ2) is 4.77. The maximum absolute atomic E-state index is 12.3. The summed E-state index contributed by atoms with van der Waals surface area (Å²) < 4.78 is 9.91. The molecule has 1 aromatic rings. The molecular formula is C12H18N2O3. The second-order valence-electron chi connectivity index (χ2n) is 4.57. The van der Waals surface area contributed by atoms with Crippen molar-refractivity contribution in [3.63, 3.8) is 0 Å². The molecule has 1 amide bonds. The van der Waals surface area contributed by atoms with E-state index < -0.39 is 0 Å². The van der Waals surface area contributed by atoms with Crippen molar-refractivity contribution in [2.75, 3.05) is 7.11 Å². The Labute approximate surface area is 101 Å². The van der Waals surface area contributed by atoms with Crippen molar-refractivity contribution in [2.45, 2.75) is 45.2 Å². The van der Waals surface area contributed by atoms with Crippen molar-refractivity contribution in [2.24, 2.45) is 0 Å². The molecule has 2 rings (SSSR count). The average Bonchev–Trinajstić information content (AvgIpc) is 2.77. The average molecular weight is 238 g/mol. The summed E-state index contributed by atoms with van der Waals surface area (Å²) in [4.78, 5) is 14.2. The highest BCUT2D eigenvalue weighted by atomic mass is 16.5. The predicted octanol–water partition coefficient (Wildman–Crippen LogP) is 2.09. The molecule has 1 aliphatic rings. The number of amides is 1. The molecule has 0 aromatic carbocycles. The van der Waals surface area contributed by atoms with E-state index in [1.807, 2.05) is 4.90 Å². The minimum absolute atomic E-state index is 0.0968. The summed E-state index contributed by atoms with van der Waals surface area (Å²) >= 11 is 0. The fourth-order valence-corrected chi connectivity index (χ4v) is 2.40. The summed E-state index contributed by atoms with van der Waals surface area (Å²) in [5.74, 6) is 0.494. The summed E-state index contributed by atoms with van der Waals surface area (Å²) in [5.41, 5.74) is 0. The third-order valence-electron chi connectivity index (χ3n) is 3.34. The normalized spacial score (nSPS) is 24.8. The minimum Gasteiger partial charge on any atom is -0.479 e. The van der Waals surface area contributed by atoms with Crippen LogP contribution in [0.1, 0.15) is 43.7 Å². The van der Waals surface area contributed by atoms with Crippen molar-refractivity contribution in [3.8, 4) is 5.88 Å². The Morgan fingerprint density at radius 3 is 2.65 bits per heavy atom. The monoisotopic (exact) mass is 238 g/mol. The van der Waals surface area contributed by atoms with E-state index in [9.17, 15) is 4.79 Å². The number of methoxy groups -OCH3 is 1. The van der Waals surface area contributed by atoms with Crippen molar-refractivity contribution in [1.82, 2.24) is 10.1 Å². The van der Waals surface area contributed by atoms with E-state index in [4.69, 9.17) is 9.26 Å². The molecule has 0 spiro atoms. The number of ether oxygens (including phenoxy) is 1. The molecule has 0 N–H and O–H groups in total. The number of nitrogens with zero attached hydrogens (tertiary/aromatic N) is 2. The summed E-state index contributed by atoms with van der Waals surface area (Å²) in [6, 6.07) is 2.04. The van der Waals surface area contributed by atoms with Gasteiger partial charge < -0.3 is 14.2 Å². The van der Waals surface area contributed by atoms with Crippen LogP contribution in [0.5, 0.6) is 5.88 Å². The maximum Gasteiger partial charge on any atom is 0.293 e. The van der Waals surface area contributed by atoms with Crippen LogP contribution in [0.25, 0.3) is 0 Å². The number of likely N-dealkylation sites (tertiary alicyclic amines) is 1. The molecule has 2 unspecified atom stereocenters. The van der Waals surface area contributed by atoms with Crippen LogP contribution in [-0.2, 0) is 0 Å². The Morgan fingerprint density at radius 2 is 2.12 bits per heavy atom. The Bertz CT molecular complexity index is 392. The van der Waals surface area contributed by atoms with E-state index in [2.05, 4.69) is 19.0 Å². The number of aromatic nitrogens is 1. The van der Waals surface area contributed by atoms with Crippen LogP contribution in [-0.4, -0.2) is 35.2 Å². The number of rotatable bonds is 2. The van der Waals surface area contributed by atoms with Crippen LogP contribution in [0, 0.1) is 0 Å². The van der Waals surface area contributed by atoms with Gasteiger partial charge in [-0.15, -0.1) is 0 Å². The lowest BCUT2D eigenvalue weighted by Gasteiger charge is -2.38. The zero-order chi connectivity index (χ0) is 12.4. The van der Waals surface area contributed by atoms with Gasteiger partial charge in [-0.3, -0.25) is 4.79 Å². The molecule has 17 heavy (non-hydrogen) atoms. The Hall–Kier alpha value is -1.52. The fraction of sp³-hybridized carbons (Fsp3) is 0.667. The van der Waals surface area contributed by atoms with Gasteiger partial charge in [0.15, 0.2) is 0 Å². The first kappa shape index (κ1) is 12.0. The van der Waals surface area contributed by atoms with Gasteiger partial charge in [0.1, 0.15) is 0 Å². The third kappa shape index (κ3) is 2.28.